The van der Waals surface area contributed by atoms with Crippen molar-refractivity contribution in [3.63, 3.8) is 0 Å². The number of anilines is 1. The van der Waals surface area contributed by atoms with Crippen LogP contribution in [0.15, 0.2) is 54.6 Å². The molecule has 0 bridgehead atoms. The summed E-state index contributed by atoms with van der Waals surface area (Å²) in [6.07, 6.45) is 2.49. The summed E-state index contributed by atoms with van der Waals surface area (Å²) in [4.78, 5) is 27.0. The van der Waals surface area contributed by atoms with Crippen molar-refractivity contribution >= 4 is 29.1 Å². The van der Waals surface area contributed by atoms with Crippen LogP contribution in [-0.2, 0) is 9.59 Å². The third-order valence-corrected chi connectivity index (χ3v) is 5.53. The first-order valence-corrected chi connectivity index (χ1v) is 8.71. The van der Waals surface area contributed by atoms with Gasteiger partial charge in [0, 0.05) is 5.02 Å². The van der Waals surface area contributed by atoms with Gasteiger partial charge in [0.1, 0.15) is 0 Å². The summed E-state index contributed by atoms with van der Waals surface area (Å²) in [6.45, 7) is 0. The lowest BCUT2D eigenvalue weighted by molar-refractivity contribution is -0.122. The smallest absolute Gasteiger partial charge is 0.237 e. The SMILES string of the molecule is O=C1C2CCC(c3ccccc3)CC2C(=O)N1c1ccc(Cl)cc1. The minimum absolute atomic E-state index is 0.0566. The van der Waals surface area contributed by atoms with Crippen LogP contribution in [-0.4, -0.2) is 11.8 Å². The van der Waals surface area contributed by atoms with Crippen molar-refractivity contribution in [2.45, 2.75) is 25.2 Å². The minimum atomic E-state index is -0.202. The third-order valence-electron chi connectivity index (χ3n) is 5.28. The van der Waals surface area contributed by atoms with E-state index in [1.54, 1.807) is 24.3 Å². The summed E-state index contributed by atoms with van der Waals surface area (Å²) in [5.74, 6) is -0.138. The molecule has 3 nitrogen and oxygen atoms in total. The molecule has 1 aliphatic carbocycles. The van der Waals surface area contributed by atoms with Gasteiger partial charge in [0.2, 0.25) is 11.8 Å². The summed E-state index contributed by atoms with van der Waals surface area (Å²) in [6, 6.07) is 17.2. The maximum Gasteiger partial charge on any atom is 0.237 e. The fourth-order valence-electron chi connectivity index (χ4n) is 4.05. The van der Waals surface area contributed by atoms with Crippen LogP contribution in [0, 0.1) is 11.8 Å². The van der Waals surface area contributed by atoms with Crippen LogP contribution in [0.1, 0.15) is 30.7 Å². The van der Waals surface area contributed by atoms with Gasteiger partial charge >= 0.3 is 0 Å². The lowest BCUT2D eigenvalue weighted by Gasteiger charge is -2.28. The Kier molecular flexibility index (Phi) is 3.89. The van der Waals surface area contributed by atoms with E-state index < -0.39 is 0 Å². The van der Waals surface area contributed by atoms with Gasteiger partial charge in [0.15, 0.2) is 0 Å². The highest BCUT2D eigenvalue weighted by Crippen LogP contribution is 2.45. The molecule has 4 rings (SSSR count). The Morgan fingerprint density at radius 1 is 0.833 bits per heavy atom. The average molecular weight is 340 g/mol. The molecule has 2 aromatic carbocycles. The summed E-state index contributed by atoms with van der Waals surface area (Å²) in [7, 11) is 0. The summed E-state index contributed by atoms with van der Waals surface area (Å²) >= 11 is 5.91. The molecule has 122 valence electrons. The highest BCUT2D eigenvalue weighted by molar-refractivity contribution is 6.30. The van der Waals surface area contributed by atoms with E-state index in [4.69, 9.17) is 11.6 Å². The molecule has 4 heteroatoms. The topological polar surface area (TPSA) is 37.4 Å². The number of hydrogen-bond acceptors (Lipinski definition) is 2. The molecule has 2 aromatic rings. The van der Waals surface area contributed by atoms with Crippen LogP contribution in [0.4, 0.5) is 5.69 Å². The molecule has 1 heterocycles. The number of carbonyl (C=O) groups excluding carboxylic acids is 2. The van der Waals surface area contributed by atoms with Crippen LogP contribution in [0.2, 0.25) is 5.02 Å². The molecule has 3 unspecified atom stereocenters. The number of imide groups is 1. The molecule has 3 atom stereocenters. The van der Waals surface area contributed by atoms with Gasteiger partial charge in [-0.2, -0.15) is 0 Å². The normalized spacial score (nSPS) is 26.5. The molecule has 2 aliphatic rings. The maximum atomic E-state index is 12.9. The number of fused-ring (bicyclic) bond motifs is 1. The fourth-order valence-corrected chi connectivity index (χ4v) is 4.18. The maximum absolute atomic E-state index is 12.9. The largest absolute Gasteiger partial charge is 0.274 e. The second-order valence-electron chi connectivity index (χ2n) is 6.62. The van der Waals surface area contributed by atoms with Crippen molar-refractivity contribution in [3.8, 4) is 0 Å². The second kappa shape index (κ2) is 6.06. The quantitative estimate of drug-likeness (QED) is 0.760. The van der Waals surface area contributed by atoms with E-state index in [-0.39, 0.29) is 23.7 Å². The third kappa shape index (κ3) is 2.53. The van der Waals surface area contributed by atoms with Gasteiger partial charge in [-0.25, -0.2) is 0 Å². The van der Waals surface area contributed by atoms with Crippen molar-refractivity contribution in [3.05, 3.63) is 65.2 Å². The van der Waals surface area contributed by atoms with Crippen molar-refractivity contribution < 1.29 is 9.59 Å². The zero-order valence-electron chi connectivity index (χ0n) is 13.2. The van der Waals surface area contributed by atoms with Crippen molar-refractivity contribution in [1.82, 2.24) is 0 Å². The molecule has 2 amide bonds. The Hall–Kier alpha value is -2.13. The van der Waals surface area contributed by atoms with Crippen LogP contribution < -0.4 is 4.90 Å². The van der Waals surface area contributed by atoms with E-state index in [2.05, 4.69) is 12.1 Å². The predicted molar refractivity (Wildman–Crippen MR) is 94.0 cm³/mol. The van der Waals surface area contributed by atoms with E-state index in [1.165, 1.54) is 10.5 Å². The molecule has 0 spiro atoms. The van der Waals surface area contributed by atoms with Gasteiger partial charge in [-0.15, -0.1) is 0 Å². The first kappa shape index (κ1) is 15.4. The number of rotatable bonds is 2. The number of carbonyl (C=O) groups is 2. The Labute approximate surface area is 146 Å². The van der Waals surface area contributed by atoms with Crippen molar-refractivity contribution in [2.75, 3.05) is 4.90 Å². The molecule has 24 heavy (non-hydrogen) atoms. The van der Waals surface area contributed by atoms with E-state index in [1.807, 2.05) is 18.2 Å². The lowest BCUT2D eigenvalue weighted by Crippen LogP contribution is -2.30. The van der Waals surface area contributed by atoms with Crippen molar-refractivity contribution in [2.24, 2.45) is 11.8 Å². The number of benzene rings is 2. The fraction of sp³-hybridized carbons (Fsp3) is 0.300. The summed E-state index contributed by atoms with van der Waals surface area (Å²) < 4.78 is 0. The van der Waals surface area contributed by atoms with E-state index in [0.29, 0.717) is 16.6 Å². The first-order chi connectivity index (χ1) is 11.6. The van der Waals surface area contributed by atoms with Crippen LogP contribution in [0.25, 0.3) is 0 Å². The number of amides is 2. The zero-order valence-corrected chi connectivity index (χ0v) is 13.9. The molecule has 0 aromatic heterocycles. The standard InChI is InChI=1S/C20H18ClNO2/c21-15-7-9-16(10-8-15)22-19(23)17-11-6-14(12-18(17)20(22)24)13-4-2-1-3-5-13/h1-5,7-10,14,17-18H,6,11-12H2. The Balaban J connectivity index is 1.60. The molecule has 1 aliphatic heterocycles. The predicted octanol–water partition coefficient (Wildman–Crippen LogP) is 4.41. The second-order valence-corrected chi connectivity index (χ2v) is 7.06. The van der Waals surface area contributed by atoms with E-state index >= 15 is 0 Å². The Morgan fingerprint density at radius 2 is 1.50 bits per heavy atom. The molecule has 1 saturated heterocycles. The molecular weight excluding hydrogens is 322 g/mol. The van der Waals surface area contributed by atoms with Gasteiger partial charge in [-0.1, -0.05) is 41.9 Å². The van der Waals surface area contributed by atoms with Crippen LogP contribution in [0.3, 0.4) is 0 Å². The molecule has 2 fully saturated rings. The lowest BCUT2D eigenvalue weighted by atomic mass is 9.73. The highest BCUT2D eigenvalue weighted by Gasteiger charge is 2.50. The van der Waals surface area contributed by atoms with Crippen LogP contribution >= 0.6 is 11.6 Å². The van der Waals surface area contributed by atoms with Gasteiger partial charge < -0.3 is 0 Å². The monoisotopic (exact) mass is 339 g/mol. The number of nitrogens with zero attached hydrogens (tertiary/aromatic N) is 1. The summed E-state index contributed by atoms with van der Waals surface area (Å²) in [5.41, 5.74) is 1.89. The van der Waals surface area contributed by atoms with Crippen molar-refractivity contribution in [1.29, 1.82) is 0 Å². The van der Waals surface area contributed by atoms with E-state index in [0.717, 1.165) is 19.3 Å². The first-order valence-electron chi connectivity index (χ1n) is 8.33. The zero-order chi connectivity index (χ0) is 16.7. The molecule has 0 N–H and O–H groups in total. The van der Waals surface area contributed by atoms with Crippen LogP contribution in [0.5, 0.6) is 0 Å². The molecule has 1 saturated carbocycles. The Bertz CT molecular complexity index is 772. The van der Waals surface area contributed by atoms with Gasteiger partial charge in [0.25, 0.3) is 0 Å². The van der Waals surface area contributed by atoms with Gasteiger partial charge in [0.05, 0.1) is 17.5 Å². The highest BCUT2D eigenvalue weighted by atomic mass is 35.5. The minimum Gasteiger partial charge on any atom is -0.274 e. The summed E-state index contributed by atoms with van der Waals surface area (Å²) in [5, 5.41) is 0.597. The number of halogens is 1. The van der Waals surface area contributed by atoms with E-state index in [9.17, 15) is 9.59 Å². The Morgan fingerprint density at radius 3 is 2.21 bits per heavy atom. The van der Waals surface area contributed by atoms with Gasteiger partial charge in [-0.3, -0.25) is 14.5 Å². The number of hydrogen-bond donors (Lipinski definition) is 0. The molecular formula is C20H18ClNO2. The van der Waals surface area contributed by atoms with Gasteiger partial charge in [-0.05, 0) is 55.0 Å². The average Bonchev–Trinajstić information content (AvgIpc) is 2.87. The molecule has 0 radical (unpaired) electrons.